The number of halogens is 1. The van der Waals surface area contributed by atoms with Gasteiger partial charge in [0.1, 0.15) is 5.69 Å². The normalized spacial score (nSPS) is 10.3. The molecule has 0 aliphatic carbocycles. The molecule has 3 N–H and O–H groups in total. The number of amides is 1. The first-order chi connectivity index (χ1) is 9.99. The van der Waals surface area contributed by atoms with Crippen LogP contribution in [0.15, 0.2) is 23.0 Å². The molecular weight excluding hydrogens is 302 g/mol. The summed E-state index contributed by atoms with van der Waals surface area (Å²) in [6.45, 7) is 0.233. The second-order valence-corrected chi connectivity index (χ2v) is 4.40. The zero-order valence-electron chi connectivity index (χ0n) is 10.6. The van der Waals surface area contributed by atoms with Gasteiger partial charge in [-0.3, -0.25) is 14.9 Å². The molecule has 21 heavy (non-hydrogen) atoms. The highest BCUT2D eigenvalue weighted by molar-refractivity contribution is 6.34. The second-order valence-electron chi connectivity index (χ2n) is 3.99. The van der Waals surface area contributed by atoms with Gasteiger partial charge in [-0.2, -0.15) is 4.98 Å². The predicted molar refractivity (Wildman–Crippen MR) is 72.9 cm³/mol. The zero-order valence-corrected chi connectivity index (χ0v) is 11.3. The molecular formula is C11H10ClN5O4. The molecule has 0 atom stereocenters. The number of hydrogen-bond donors (Lipinski definition) is 2. The number of carbonyl (C=O) groups is 1. The van der Waals surface area contributed by atoms with Crippen LogP contribution in [-0.2, 0) is 6.42 Å². The Labute approximate surface area is 123 Å². The molecule has 0 spiro atoms. The number of nitrogens with zero attached hydrogens (tertiary/aromatic N) is 3. The number of nitro benzene ring substituents is 1. The van der Waals surface area contributed by atoms with Gasteiger partial charge in [0.15, 0.2) is 6.33 Å². The van der Waals surface area contributed by atoms with E-state index in [1.54, 1.807) is 0 Å². The highest BCUT2D eigenvalue weighted by atomic mass is 35.5. The van der Waals surface area contributed by atoms with E-state index in [9.17, 15) is 14.9 Å². The number of nitro groups is 1. The van der Waals surface area contributed by atoms with Crippen molar-refractivity contribution in [2.75, 3.05) is 12.3 Å². The van der Waals surface area contributed by atoms with Gasteiger partial charge in [0.25, 0.3) is 11.6 Å². The van der Waals surface area contributed by atoms with Crippen LogP contribution in [0.5, 0.6) is 0 Å². The Morgan fingerprint density at radius 3 is 2.90 bits per heavy atom. The largest absolute Gasteiger partial charge is 0.392 e. The Hall–Kier alpha value is -2.68. The summed E-state index contributed by atoms with van der Waals surface area (Å²) in [5.41, 5.74) is 4.94. The van der Waals surface area contributed by atoms with E-state index in [1.807, 2.05) is 0 Å². The van der Waals surface area contributed by atoms with E-state index in [0.29, 0.717) is 12.3 Å². The highest BCUT2D eigenvalue weighted by Gasteiger charge is 2.19. The summed E-state index contributed by atoms with van der Waals surface area (Å²) in [6, 6.07) is 2.34. The number of nitrogen functional groups attached to an aromatic ring is 1. The quantitative estimate of drug-likeness (QED) is 0.480. The summed E-state index contributed by atoms with van der Waals surface area (Å²) < 4.78 is 4.77. The lowest BCUT2D eigenvalue weighted by atomic mass is 10.1. The molecule has 0 bridgehead atoms. The maximum atomic E-state index is 11.9. The summed E-state index contributed by atoms with van der Waals surface area (Å²) in [4.78, 5) is 25.8. The molecule has 1 aromatic heterocycles. The highest BCUT2D eigenvalue weighted by Crippen LogP contribution is 2.30. The first-order valence-corrected chi connectivity index (χ1v) is 6.14. The van der Waals surface area contributed by atoms with Crippen molar-refractivity contribution in [1.82, 2.24) is 15.5 Å². The molecule has 110 valence electrons. The zero-order chi connectivity index (χ0) is 15.4. The lowest BCUT2D eigenvalue weighted by Gasteiger charge is -2.06. The maximum Gasteiger partial charge on any atom is 0.294 e. The van der Waals surface area contributed by atoms with Gasteiger partial charge in [-0.15, -0.1) is 0 Å². The second kappa shape index (κ2) is 6.18. The lowest BCUT2D eigenvalue weighted by molar-refractivity contribution is -0.383. The minimum atomic E-state index is -0.698. The lowest BCUT2D eigenvalue weighted by Crippen LogP contribution is -2.26. The molecule has 0 aliphatic heterocycles. The van der Waals surface area contributed by atoms with Crippen LogP contribution in [0.2, 0.25) is 5.02 Å². The number of nitrogens with one attached hydrogen (secondary N) is 1. The van der Waals surface area contributed by atoms with E-state index in [1.165, 1.54) is 12.4 Å². The van der Waals surface area contributed by atoms with E-state index in [2.05, 4.69) is 15.5 Å². The molecule has 9 nitrogen and oxygen atoms in total. The Kier molecular flexibility index (Phi) is 4.33. The van der Waals surface area contributed by atoms with Crippen molar-refractivity contribution in [3.05, 3.63) is 45.1 Å². The number of benzene rings is 1. The van der Waals surface area contributed by atoms with Gasteiger partial charge >= 0.3 is 0 Å². The predicted octanol–water partition coefficient (Wildman–Crippen LogP) is 1.19. The topological polar surface area (TPSA) is 137 Å². The van der Waals surface area contributed by atoms with E-state index >= 15 is 0 Å². The van der Waals surface area contributed by atoms with Gasteiger partial charge in [-0.25, -0.2) is 0 Å². The van der Waals surface area contributed by atoms with Crippen LogP contribution < -0.4 is 11.1 Å². The Balaban J connectivity index is 2.07. The average molecular weight is 312 g/mol. The van der Waals surface area contributed by atoms with Gasteiger partial charge in [-0.1, -0.05) is 16.8 Å². The molecule has 0 saturated heterocycles. The molecule has 1 heterocycles. The average Bonchev–Trinajstić information content (AvgIpc) is 2.94. The summed E-state index contributed by atoms with van der Waals surface area (Å²) in [5, 5.41) is 16.8. The van der Waals surface area contributed by atoms with Gasteiger partial charge in [0.2, 0.25) is 5.89 Å². The molecule has 2 rings (SSSR count). The number of anilines is 1. The number of nitrogens with two attached hydrogens (primary N) is 1. The minimum Gasteiger partial charge on any atom is -0.392 e. The van der Waals surface area contributed by atoms with Crippen LogP contribution in [0.25, 0.3) is 0 Å². The third kappa shape index (κ3) is 3.45. The molecule has 0 fully saturated rings. The van der Waals surface area contributed by atoms with Gasteiger partial charge in [0.05, 0.1) is 9.95 Å². The van der Waals surface area contributed by atoms with Crippen molar-refractivity contribution >= 4 is 28.9 Å². The van der Waals surface area contributed by atoms with Crippen LogP contribution in [0.4, 0.5) is 11.4 Å². The summed E-state index contributed by atoms with van der Waals surface area (Å²) >= 11 is 5.78. The number of rotatable bonds is 5. The fraction of sp³-hybridized carbons (Fsp3) is 0.182. The van der Waals surface area contributed by atoms with Crippen molar-refractivity contribution in [3.8, 4) is 0 Å². The molecule has 1 amide bonds. The third-order valence-corrected chi connectivity index (χ3v) is 2.91. The number of hydrogen-bond acceptors (Lipinski definition) is 7. The molecule has 0 saturated carbocycles. The molecule has 1 aromatic carbocycles. The third-order valence-electron chi connectivity index (χ3n) is 2.60. The molecule has 0 unspecified atom stereocenters. The standard InChI is InChI=1S/C11H10ClN5O4/c12-7-3-6(4-8(10(7)13)17(19)20)11(18)14-2-1-9-15-5-16-21-9/h3-5H,1-2,13H2,(H,14,18). The van der Waals surface area contributed by atoms with Gasteiger partial charge < -0.3 is 15.6 Å². The molecule has 10 heteroatoms. The van der Waals surface area contributed by atoms with E-state index < -0.39 is 16.5 Å². The van der Waals surface area contributed by atoms with Crippen LogP contribution in [0.1, 0.15) is 16.2 Å². The van der Waals surface area contributed by atoms with E-state index in [-0.39, 0.29) is 22.8 Å². The SMILES string of the molecule is Nc1c(Cl)cc(C(=O)NCCc2ncno2)cc1[N+](=O)[O-]. The number of carbonyl (C=O) groups excluding carboxylic acids is 1. The fourth-order valence-electron chi connectivity index (χ4n) is 1.58. The summed E-state index contributed by atoms with van der Waals surface area (Å²) in [6.07, 6.45) is 1.59. The molecule has 0 aliphatic rings. The smallest absolute Gasteiger partial charge is 0.294 e. The number of aromatic nitrogens is 2. The first kappa shape index (κ1) is 14.7. The van der Waals surface area contributed by atoms with Crippen molar-refractivity contribution in [3.63, 3.8) is 0 Å². The molecule has 2 aromatic rings. The first-order valence-electron chi connectivity index (χ1n) is 5.76. The van der Waals surface area contributed by atoms with Crippen molar-refractivity contribution in [2.45, 2.75) is 6.42 Å². The van der Waals surface area contributed by atoms with Gasteiger partial charge in [-0.05, 0) is 6.07 Å². The van der Waals surface area contributed by atoms with E-state index in [4.69, 9.17) is 21.9 Å². The van der Waals surface area contributed by atoms with Crippen LogP contribution in [0, 0.1) is 10.1 Å². The minimum absolute atomic E-state index is 0.0476. The van der Waals surface area contributed by atoms with E-state index in [0.717, 1.165) is 6.07 Å². The Bertz CT molecular complexity index is 674. The van der Waals surface area contributed by atoms with Crippen molar-refractivity contribution < 1.29 is 14.2 Å². The summed E-state index contributed by atoms with van der Waals surface area (Å²) in [7, 11) is 0. The van der Waals surface area contributed by atoms with Crippen LogP contribution >= 0.6 is 11.6 Å². The van der Waals surface area contributed by atoms with Crippen molar-refractivity contribution in [2.24, 2.45) is 0 Å². The maximum absolute atomic E-state index is 11.9. The van der Waals surface area contributed by atoms with Crippen molar-refractivity contribution in [1.29, 1.82) is 0 Å². The summed E-state index contributed by atoms with van der Waals surface area (Å²) in [5.74, 6) is -0.142. The fourth-order valence-corrected chi connectivity index (χ4v) is 1.79. The van der Waals surface area contributed by atoms with Gasteiger partial charge in [0, 0.05) is 24.6 Å². The van der Waals surface area contributed by atoms with Crippen LogP contribution in [-0.4, -0.2) is 27.5 Å². The van der Waals surface area contributed by atoms with Crippen LogP contribution in [0.3, 0.4) is 0 Å². The molecule has 0 radical (unpaired) electrons. The Morgan fingerprint density at radius 2 is 2.29 bits per heavy atom. The Morgan fingerprint density at radius 1 is 1.52 bits per heavy atom. The monoisotopic (exact) mass is 311 g/mol.